The van der Waals surface area contributed by atoms with Crippen molar-refractivity contribution in [1.82, 2.24) is 25.3 Å². The van der Waals surface area contributed by atoms with Crippen molar-refractivity contribution in [2.75, 3.05) is 25.0 Å². The van der Waals surface area contributed by atoms with E-state index in [1.165, 1.54) is 6.42 Å². The summed E-state index contributed by atoms with van der Waals surface area (Å²) in [5.41, 5.74) is 0.806. The maximum absolute atomic E-state index is 13.8. The standard InChI is InChI=1S/C22H30F2N6S/c1-6-7-8-17(15(3)22(4,23)24)31-18-12-26-19-20(27-18)29-21(28-19)30-13-14(2)9-10-16(30)11-25-5/h6-8,12,14,16,25H,3,9-11,13H2,1-2,4-5H3,(H,26,27,28,29)/b7-6-,17-8+. The molecule has 168 valence electrons. The highest BCUT2D eigenvalue weighted by Crippen LogP contribution is 2.37. The van der Waals surface area contributed by atoms with Crippen LogP contribution in [0.5, 0.6) is 0 Å². The monoisotopic (exact) mass is 448 g/mol. The maximum atomic E-state index is 13.8. The number of allylic oxidation sites excluding steroid dienone is 4. The number of rotatable bonds is 8. The molecule has 2 N–H and O–H groups in total. The minimum absolute atomic E-state index is 0.250. The van der Waals surface area contributed by atoms with Crippen LogP contribution in [0, 0.1) is 5.92 Å². The van der Waals surface area contributed by atoms with Gasteiger partial charge in [0.2, 0.25) is 5.95 Å². The van der Waals surface area contributed by atoms with Gasteiger partial charge in [0.1, 0.15) is 5.03 Å². The average molecular weight is 449 g/mol. The van der Waals surface area contributed by atoms with Crippen molar-refractivity contribution in [3.05, 3.63) is 41.5 Å². The van der Waals surface area contributed by atoms with E-state index in [2.05, 4.69) is 43.7 Å². The zero-order chi connectivity index (χ0) is 22.6. The number of nitrogens with zero attached hydrogens (tertiary/aromatic N) is 4. The molecule has 1 aliphatic rings. The van der Waals surface area contributed by atoms with E-state index in [0.29, 0.717) is 33.2 Å². The van der Waals surface area contributed by atoms with Crippen LogP contribution in [-0.2, 0) is 0 Å². The van der Waals surface area contributed by atoms with Gasteiger partial charge in [-0.25, -0.2) is 18.7 Å². The number of likely N-dealkylation sites (N-methyl/N-ethyl adjacent to an activating group) is 1. The molecule has 0 aliphatic carbocycles. The number of hydrogen-bond donors (Lipinski definition) is 2. The summed E-state index contributed by atoms with van der Waals surface area (Å²) in [6.07, 6.45) is 8.94. The Labute approximate surface area is 186 Å². The van der Waals surface area contributed by atoms with Gasteiger partial charge < -0.3 is 15.2 Å². The molecule has 2 unspecified atom stereocenters. The number of H-pyrrole nitrogens is 1. The zero-order valence-electron chi connectivity index (χ0n) is 18.5. The molecule has 0 radical (unpaired) electrons. The lowest BCUT2D eigenvalue weighted by Crippen LogP contribution is -2.48. The van der Waals surface area contributed by atoms with E-state index >= 15 is 0 Å². The summed E-state index contributed by atoms with van der Waals surface area (Å²) in [5, 5.41) is 3.76. The molecular weight excluding hydrogens is 418 g/mol. The predicted molar refractivity (Wildman–Crippen MR) is 124 cm³/mol. The highest BCUT2D eigenvalue weighted by Gasteiger charge is 2.30. The number of anilines is 1. The van der Waals surface area contributed by atoms with Gasteiger partial charge >= 0.3 is 0 Å². The zero-order valence-corrected chi connectivity index (χ0v) is 19.3. The van der Waals surface area contributed by atoms with Gasteiger partial charge in [-0.15, -0.1) is 0 Å². The summed E-state index contributed by atoms with van der Waals surface area (Å²) in [4.78, 5) is 19.5. The molecule has 2 aromatic rings. The minimum Gasteiger partial charge on any atom is -0.338 e. The van der Waals surface area contributed by atoms with Gasteiger partial charge in [-0.3, -0.25) is 0 Å². The average Bonchev–Trinajstić information content (AvgIpc) is 3.14. The number of alkyl halides is 2. The Balaban J connectivity index is 1.88. The van der Waals surface area contributed by atoms with Gasteiger partial charge in [-0.2, -0.15) is 4.98 Å². The first kappa shape index (κ1) is 23.4. The molecule has 1 saturated heterocycles. The predicted octanol–water partition coefficient (Wildman–Crippen LogP) is 4.94. The van der Waals surface area contributed by atoms with Gasteiger partial charge in [0, 0.05) is 36.5 Å². The summed E-state index contributed by atoms with van der Waals surface area (Å²) < 4.78 is 27.7. The smallest absolute Gasteiger partial charge is 0.271 e. The fourth-order valence-corrected chi connectivity index (χ4v) is 4.49. The molecule has 9 heteroatoms. The topological polar surface area (TPSA) is 69.7 Å². The van der Waals surface area contributed by atoms with E-state index in [0.717, 1.165) is 44.1 Å². The number of piperidine rings is 1. The lowest BCUT2D eigenvalue weighted by atomic mass is 9.94. The SMILES string of the molecule is C=C(/C(=C\C=C/C)Sc1cnc2nc(N3CC(C)CCC3CNC)[nH]c2n1)C(C)(F)F. The molecule has 3 rings (SSSR count). The van der Waals surface area contributed by atoms with Gasteiger partial charge in [0.15, 0.2) is 11.3 Å². The molecule has 2 atom stereocenters. The molecule has 0 aromatic carbocycles. The van der Waals surface area contributed by atoms with Crippen LogP contribution >= 0.6 is 11.8 Å². The van der Waals surface area contributed by atoms with Crippen molar-refractivity contribution in [3.63, 3.8) is 0 Å². The Bertz CT molecular complexity index is 978. The second kappa shape index (κ2) is 9.91. The summed E-state index contributed by atoms with van der Waals surface area (Å²) in [6, 6.07) is 0.348. The molecule has 0 saturated carbocycles. The molecule has 0 bridgehead atoms. The Morgan fingerprint density at radius 2 is 2.19 bits per heavy atom. The first-order chi connectivity index (χ1) is 14.7. The van der Waals surface area contributed by atoms with E-state index in [9.17, 15) is 8.78 Å². The van der Waals surface area contributed by atoms with Crippen molar-refractivity contribution in [1.29, 1.82) is 0 Å². The lowest BCUT2D eigenvalue weighted by Gasteiger charge is -2.38. The summed E-state index contributed by atoms with van der Waals surface area (Å²) in [7, 11) is 1.95. The van der Waals surface area contributed by atoms with E-state index in [1.807, 2.05) is 14.0 Å². The first-order valence-electron chi connectivity index (χ1n) is 10.4. The number of aromatic nitrogens is 4. The van der Waals surface area contributed by atoms with Crippen molar-refractivity contribution in [2.24, 2.45) is 5.92 Å². The van der Waals surface area contributed by atoms with Crippen molar-refractivity contribution < 1.29 is 8.78 Å². The highest BCUT2D eigenvalue weighted by molar-refractivity contribution is 8.03. The molecule has 0 amide bonds. The number of hydrogen-bond acceptors (Lipinski definition) is 6. The molecule has 6 nitrogen and oxygen atoms in total. The fourth-order valence-electron chi connectivity index (χ4n) is 3.58. The number of imidazole rings is 1. The number of thioether (sulfide) groups is 1. The molecular formula is C22H30F2N6S. The van der Waals surface area contributed by atoms with Crippen LogP contribution in [0.1, 0.15) is 33.6 Å². The lowest BCUT2D eigenvalue weighted by molar-refractivity contribution is 0.0675. The first-order valence-corrected chi connectivity index (χ1v) is 11.3. The van der Waals surface area contributed by atoms with E-state index in [-0.39, 0.29) is 5.57 Å². The number of halogens is 2. The third-order valence-electron chi connectivity index (χ3n) is 5.31. The second-order valence-electron chi connectivity index (χ2n) is 8.01. The summed E-state index contributed by atoms with van der Waals surface area (Å²) >= 11 is 1.12. The summed E-state index contributed by atoms with van der Waals surface area (Å²) in [6.45, 7) is 10.3. The van der Waals surface area contributed by atoms with E-state index in [1.54, 1.807) is 24.4 Å². The van der Waals surface area contributed by atoms with Crippen LogP contribution in [0.25, 0.3) is 11.3 Å². The summed E-state index contributed by atoms with van der Waals surface area (Å²) in [5.74, 6) is -1.70. The fraction of sp³-hybridized carbons (Fsp3) is 0.500. The third kappa shape index (κ3) is 5.71. The van der Waals surface area contributed by atoms with Crippen molar-refractivity contribution in [3.8, 4) is 0 Å². The molecule has 2 aromatic heterocycles. The highest BCUT2D eigenvalue weighted by atomic mass is 32.2. The quantitative estimate of drug-likeness (QED) is 0.440. The van der Waals surface area contributed by atoms with Gasteiger partial charge in [-0.05, 0) is 38.8 Å². The molecule has 0 spiro atoms. The van der Waals surface area contributed by atoms with Crippen LogP contribution in [-0.4, -0.2) is 52.0 Å². The minimum atomic E-state index is -3.02. The van der Waals surface area contributed by atoms with Crippen LogP contribution in [0.15, 0.2) is 46.5 Å². The van der Waals surface area contributed by atoms with Gasteiger partial charge in [-0.1, -0.05) is 37.4 Å². The van der Waals surface area contributed by atoms with Crippen LogP contribution in [0.4, 0.5) is 14.7 Å². The number of nitrogens with one attached hydrogen (secondary N) is 2. The number of aromatic amines is 1. The molecule has 1 aliphatic heterocycles. The van der Waals surface area contributed by atoms with Crippen LogP contribution in [0.2, 0.25) is 0 Å². The van der Waals surface area contributed by atoms with Crippen molar-refractivity contribution in [2.45, 2.75) is 50.6 Å². The van der Waals surface area contributed by atoms with Crippen LogP contribution in [0.3, 0.4) is 0 Å². The van der Waals surface area contributed by atoms with E-state index < -0.39 is 5.92 Å². The Kier molecular flexibility index (Phi) is 7.48. The third-order valence-corrected chi connectivity index (χ3v) is 6.32. The Hall–Kier alpha value is -2.26. The molecule has 31 heavy (non-hydrogen) atoms. The Morgan fingerprint density at radius 1 is 1.42 bits per heavy atom. The van der Waals surface area contributed by atoms with E-state index in [4.69, 9.17) is 0 Å². The molecule has 3 heterocycles. The second-order valence-corrected chi connectivity index (χ2v) is 9.08. The number of fused-ring (bicyclic) bond motifs is 1. The van der Waals surface area contributed by atoms with Gasteiger partial charge in [0.05, 0.1) is 6.20 Å². The normalized spacial score (nSPS) is 20.7. The van der Waals surface area contributed by atoms with Crippen LogP contribution < -0.4 is 10.2 Å². The van der Waals surface area contributed by atoms with Gasteiger partial charge in [0.25, 0.3) is 5.92 Å². The largest absolute Gasteiger partial charge is 0.338 e. The van der Waals surface area contributed by atoms with Crippen molar-refractivity contribution >= 4 is 29.0 Å². The Morgan fingerprint density at radius 3 is 2.87 bits per heavy atom. The maximum Gasteiger partial charge on any atom is 0.271 e. The molecule has 1 fully saturated rings.